The van der Waals surface area contributed by atoms with E-state index >= 15 is 0 Å². The molecule has 0 bridgehead atoms. The van der Waals surface area contributed by atoms with Gasteiger partial charge >= 0.3 is 0 Å². The lowest BCUT2D eigenvalue weighted by molar-refractivity contribution is 0.792. The molecule has 0 radical (unpaired) electrons. The first-order valence-electron chi connectivity index (χ1n) is 8.50. The minimum Gasteiger partial charge on any atom is -0.357 e. The molecule has 2 N–H and O–H groups in total. The number of benzene rings is 2. The first-order chi connectivity index (χ1) is 11.4. The van der Waals surface area contributed by atoms with E-state index in [-0.39, 0.29) is 0 Å². The van der Waals surface area contributed by atoms with Crippen molar-refractivity contribution in [3.63, 3.8) is 0 Å². The van der Waals surface area contributed by atoms with Crippen LogP contribution in [0.25, 0.3) is 0 Å². The Bertz CT molecular complexity index is 622. The molecule has 1 aliphatic rings. The summed E-state index contributed by atoms with van der Waals surface area (Å²) in [4.78, 5) is 4.71. The third-order valence-corrected chi connectivity index (χ3v) is 4.20. The molecule has 2 atom stereocenters. The quantitative estimate of drug-likeness (QED) is 0.634. The molecule has 2 aromatic carbocycles. The molecule has 23 heavy (non-hydrogen) atoms. The predicted molar refractivity (Wildman–Crippen MR) is 96.8 cm³/mol. The Morgan fingerprint density at radius 1 is 1.04 bits per heavy atom. The summed E-state index contributed by atoms with van der Waals surface area (Å²) in [7, 11) is 0. The van der Waals surface area contributed by atoms with Gasteiger partial charge in [0.1, 0.15) is 0 Å². The lowest BCUT2D eigenvalue weighted by atomic mass is 10.1. The second kappa shape index (κ2) is 7.82. The Hall–Kier alpha value is -2.29. The lowest BCUT2D eigenvalue weighted by Crippen LogP contribution is -2.39. The smallest absolute Gasteiger partial charge is 0.191 e. The van der Waals surface area contributed by atoms with Crippen LogP contribution in [0.4, 0.5) is 0 Å². The highest BCUT2D eigenvalue weighted by Gasteiger charge is 2.38. The standard InChI is InChI=1S/C20H25N3/c1-2-21-20(22-14-13-16-9-5-3-6-10-16)23-19-15-18(19)17-11-7-4-8-12-17/h3-12,18-19H,2,13-15H2,1H3,(H2,21,22,23). The van der Waals surface area contributed by atoms with Crippen LogP contribution >= 0.6 is 0 Å². The monoisotopic (exact) mass is 307 g/mol. The third-order valence-electron chi connectivity index (χ3n) is 4.20. The number of aliphatic imine (C=N–C) groups is 1. The zero-order chi connectivity index (χ0) is 15.9. The lowest BCUT2D eigenvalue weighted by Gasteiger charge is -2.11. The van der Waals surface area contributed by atoms with Gasteiger partial charge in [0.15, 0.2) is 5.96 Å². The number of rotatable bonds is 6. The van der Waals surface area contributed by atoms with Crippen molar-refractivity contribution in [3.8, 4) is 0 Å². The van der Waals surface area contributed by atoms with Crippen LogP contribution in [-0.2, 0) is 6.42 Å². The molecule has 0 heterocycles. The van der Waals surface area contributed by atoms with Gasteiger partial charge < -0.3 is 10.6 Å². The van der Waals surface area contributed by atoms with E-state index in [9.17, 15) is 0 Å². The Morgan fingerprint density at radius 3 is 2.43 bits per heavy atom. The zero-order valence-electron chi connectivity index (χ0n) is 13.7. The van der Waals surface area contributed by atoms with Crippen LogP contribution in [0.3, 0.4) is 0 Å². The molecule has 1 fully saturated rings. The molecule has 1 aliphatic carbocycles. The summed E-state index contributed by atoms with van der Waals surface area (Å²) in [6, 6.07) is 21.8. The van der Waals surface area contributed by atoms with Crippen molar-refractivity contribution < 1.29 is 0 Å². The molecule has 3 nitrogen and oxygen atoms in total. The van der Waals surface area contributed by atoms with Crippen molar-refractivity contribution in [1.29, 1.82) is 0 Å². The van der Waals surface area contributed by atoms with E-state index in [2.05, 4.69) is 78.2 Å². The number of hydrogen-bond donors (Lipinski definition) is 2. The average Bonchev–Trinajstić information content (AvgIpc) is 3.36. The van der Waals surface area contributed by atoms with Crippen LogP contribution in [0.1, 0.15) is 30.4 Å². The summed E-state index contributed by atoms with van der Waals surface area (Å²) in [5.41, 5.74) is 2.76. The van der Waals surface area contributed by atoms with E-state index in [1.807, 2.05) is 0 Å². The van der Waals surface area contributed by atoms with Gasteiger partial charge in [0.05, 0.1) is 0 Å². The van der Waals surface area contributed by atoms with Gasteiger partial charge in [0, 0.05) is 25.0 Å². The second-order valence-corrected chi connectivity index (χ2v) is 6.00. The third kappa shape index (κ3) is 4.59. The van der Waals surface area contributed by atoms with Gasteiger partial charge in [-0.15, -0.1) is 0 Å². The van der Waals surface area contributed by atoms with Crippen LogP contribution < -0.4 is 10.6 Å². The average molecular weight is 307 g/mol. The first-order valence-corrected chi connectivity index (χ1v) is 8.50. The van der Waals surface area contributed by atoms with Crippen molar-refractivity contribution in [1.82, 2.24) is 10.6 Å². The second-order valence-electron chi connectivity index (χ2n) is 6.00. The van der Waals surface area contributed by atoms with Crippen molar-refractivity contribution in [2.24, 2.45) is 4.99 Å². The fraction of sp³-hybridized carbons (Fsp3) is 0.350. The van der Waals surface area contributed by atoms with E-state index in [1.165, 1.54) is 17.5 Å². The maximum Gasteiger partial charge on any atom is 0.191 e. The number of guanidine groups is 1. The van der Waals surface area contributed by atoms with Crippen LogP contribution in [0.2, 0.25) is 0 Å². The number of nitrogens with one attached hydrogen (secondary N) is 2. The maximum atomic E-state index is 4.71. The Morgan fingerprint density at radius 2 is 1.74 bits per heavy atom. The normalized spacial score (nSPS) is 20.1. The van der Waals surface area contributed by atoms with Gasteiger partial charge in [0.2, 0.25) is 0 Å². The van der Waals surface area contributed by atoms with E-state index < -0.39 is 0 Å². The molecule has 2 unspecified atom stereocenters. The molecule has 0 aromatic heterocycles. The molecule has 0 saturated heterocycles. The Labute approximate surface area is 138 Å². The van der Waals surface area contributed by atoms with Gasteiger partial charge in [-0.25, -0.2) is 0 Å². The van der Waals surface area contributed by atoms with Gasteiger partial charge in [-0.1, -0.05) is 60.7 Å². The molecule has 0 amide bonds. The molecule has 3 heteroatoms. The van der Waals surface area contributed by atoms with Crippen molar-refractivity contribution in [3.05, 3.63) is 71.8 Å². The van der Waals surface area contributed by atoms with E-state index in [1.54, 1.807) is 0 Å². The fourth-order valence-electron chi connectivity index (χ4n) is 2.86. The van der Waals surface area contributed by atoms with Crippen LogP contribution in [0.15, 0.2) is 65.7 Å². The highest BCUT2D eigenvalue weighted by molar-refractivity contribution is 5.80. The van der Waals surface area contributed by atoms with Gasteiger partial charge in [-0.3, -0.25) is 4.99 Å². The Balaban J connectivity index is 1.52. The summed E-state index contributed by atoms with van der Waals surface area (Å²) in [6.45, 7) is 3.80. The molecule has 3 rings (SSSR count). The van der Waals surface area contributed by atoms with E-state index in [0.29, 0.717) is 12.0 Å². The fourth-order valence-corrected chi connectivity index (χ4v) is 2.86. The summed E-state index contributed by atoms with van der Waals surface area (Å²) < 4.78 is 0. The molecule has 0 spiro atoms. The molecule has 2 aromatic rings. The van der Waals surface area contributed by atoms with E-state index in [0.717, 1.165) is 25.5 Å². The number of nitrogens with zero attached hydrogens (tertiary/aromatic N) is 1. The first kappa shape index (κ1) is 15.6. The van der Waals surface area contributed by atoms with Crippen LogP contribution in [-0.4, -0.2) is 25.1 Å². The topological polar surface area (TPSA) is 36.4 Å². The highest BCUT2D eigenvalue weighted by atomic mass is 15.2. The SMILES string of the molecule is CCNC(=NCCc1ccccc1)NC1CC1c1ccccc1. The van der Waals surface area contributed by atoms with Crippen molar-refractivity contribution in [2.45, 2.75) is 31.7 Å². The summed E-state index contributed by atoms with van der Waals surface area (Å²) in [5, 5.41) is 6.92. The van der Waals surface area contributed by atoms with Gasteiger partial charge in [-0.05, 0) is 30.9 Å². The summed E-state index contributed by atoms with van der Waals surface area (Å²) in [6.07, 6.45) is 2.16. The zero-order valence-corrected chi connectivity index (χ0v) is 13.7. The van der Waals surface area contributed by atoms with Crippen LogP contribution in [0, 0.1) is 0 Å². The minimum atomic E-state index is 0.506. The summed E-state index contributed by atoms with van der Waals surface area (Å²) in [5.74, 6) is 1.56. The van der Waals surface area contributed by atoms with Gasteiger partial charge in [-0.2, -0.15) is 0 Å². The van der Waals surface area contributed by atoms with Crippen LogP contribution in [0.5, 0.6) is 0 Å². The summed E-state index contributed by atoms with van der Waals surface area (Å²) >= 11 is 0. The Kier molecular flexibility index (Phi) is 5.30. The molecule has 1 saturated carbocycles. The predicted octanol–water partition coefficient (Wildman–Crippen LogP) is 3.34. The molecular formula is C20H25N3. The molecule has 0 aliphatic heterocycles. The maximum absolute atomic E-state index is 4.71. The van der Waals surface area contributed by atoms with Crippen molar-refractivity contribution in [2.75, 3.05) is 13.1 Å². The largest absolute Gasteiger partial charge is 0.357 e. The van der Waals surface area contributed by atoms with E-state index in [4.69, 9.17) is 4.99 Å². The highest BCUT2D eigenvalue weighted by Crippen LogP contribution is 2.40. The molecular weight excluding hydrogens is 282 g/mol. The molecule has 120 valence electrons. The van der Waals surface area contributed by atoms with Crippen molar-refractivity contribution >= 4 is 5.96 Å². The minimum absolute atomic E-state index is 0.506. The van der Waals surface area contributed by atoms with Gasteiger partial charge in [0.25, 0.3) is 0 Å². The number of hydrogen-bond acceptors (Lipinski definition) is 1.